The van der Waals surface area contributed by atoms with Gasteiger partial charge >= 0.3 is 0 Å². The second kappa shape index (κ2) is 9.24. The Balaban J connectivity index is 1.69. The van der Waals surface area contributed by atoms with Crippen LogP contribution in [0.25, 0.3) is 0 Å². The molecule has 27 heavy (non-hydrogen) atoms. The standard InChI is InChI=1S/C22H20BrNO3/c1-2-26-21-11-7-6-10-19(21)24-22(25)17-12-13-20(18(23)14-17)27-15-16-8-4-3-5-9-16/h3-14H,2,15H2,1H3,(H,24,25). The molecular weight excluding hydrogens is 406 g/mol. The number of rotatable bonds is 7. The normalized spacial score (nSPS) is 10.3. The van der Waals surface area contributed by atoms with Gasteiger partial charge in [0.15, 0.2) is 0 Å². The third-order valence-corrected chi connectivity index (χ3v) is 4.49. The first-order valence-corrected chi connectivity index (χ1v) is 9.46. The zero-order chi connectivity index (χ0) is 19.1. The fourth-order valence-corrected chi connectivity index (χ4v) is 3.03. The van der Waals surface area contributed by atoms with Crippen LogP contribution in [0.5, 0.6) is 11.5 Å². The molecule has 0 atom stereocenters. The average molecular weight is 426 g/mol. The maximum atomic E-state index is 12.6. The lowest BCUT2D eigenvalue weighted by atomic mass is 10.2. The molecule has 0 aliphatic carbocycles. The number of halogens is 1. The van der Waals surface area contributed by atoms with Gasteiger partial charge in [0.05, 0.1) is 16.8 Å². The zero-order valence-electron chi connectivity index (χ0n) is 14.9. The zero-order valence-corrected chi connectivity index (χ0v) is 16.5. The summed E-state index contributed by atoms with van der Waals surface area (Å²) in [4.78, 5) is 12.6. The number of benzene rings is 3. The molecule has 0 fully saturated rings. The second-order valence-electron chi connectivity index (χ2n) is 5.80. The minimum Gasteiger partial charge on any atom is -0.492 e. The van der Waals surface area contributed by atoms with E-state index in [-0.39, 0.29) is 5.91 Å². The molecule has 0 aliphatic rings. The highest BCUT2D eigenvalue weighted by Crippen LogP contribution is 2.28. The van der Waals surface area contributed by atoms with Crippen LogP contribution in [-0.2, 0) is 6.61 Å². The topological polar surface area (TPSA) is 47.6 Å². The Morgan fingerprint density at radius 1 is 0.926 bits per heavy atom. The molecule has 0 radical (unpaired) electrons. The molecule has 1 N–H and O–H groups in total. The number of anilines is 1. The van der Waals surface area contributed by atoms with Crippen LogP contribution in [0.4, 0.5) is 5.69 Å². The van der Waals surface area contributed by atoms with Gasteiger partial charge in [0.1, 0.15) is 18.1 Å². The van der Waals surface area contributed by atoms with Crippen LogP contribution < -0.4 is 14.8 Å². The Morgan fingerprint density at radius 3 is 2.41 bits per heavy atom. The molecule has 0 heterocycles. The Hall–Kier alpha value is -2.79. The van der Waals surface area contributed by atoms with Gasteiger partial charge in [-0.25, -0.2) is 0 Å². The van der Waals surface area contributed by atoms with E-state index in [4.69, 9.17) is 9.47 Å². The van der Waals surface area contributed by atoms with Gasteiger partial charge in [-0.2, -0.15) is 0 Å². The largest absolute Gasteiger partial charge is 0.492 e. The summed E-state index contributed by atoms with van der Waals surface area (Å²) in [5, 5.41) is 2.89. The maximum Gasteiger partial charge on any atom is 0.255 e. The van der Waals surface area contributed by atoms with Gasteiger partial charge < -0.3 is 14.8 Å². The van der Waals surface area contributed by atoms with Crippen molar-refractivity contribution in [3.05, 3.63) is 88.4 Å². The highest BCUT2D eigenvalue weighted by atomic mass is 79.9. The van der Waals surface area contributed by atoms with Crippen LogP contribution in [0.1, 0.15) is 22.8 Å². The van der Waals surface area contributed by atoms with E-state index >= 15 is 0 Å². The number of hydrogen-bond donors (Lipinski definition) is 1. The number of para-hydroxylation sites is 2. The Bertz CT molecular complexity index is 912. The number of carbonyl (C=O) groups excluding carboxylic acids is 1. The quantitative estimate of drug-likeness (QED) is 0.529. The first-order valence-electron chi connectivity index (χ1n) is 8.67. The Kier molecular flexibility index (Phi) is 6.49. The van der Waals surface area contributed by atoms with E-state index in [2.05, 4.69) is 21.2 Å². The third-order valence-electron chi connectivity index (χ3n) is 3.87. The molecule has 138 valence electrons. The lowest BCUT2D eigenvalue weighted by Crippen LogP contribution is -2.13. The van der Waals surface area contributed by atoms with Crippen molar-refractivity contribution in [2.45, 2.75) is 13.5 Å². The summed E-state index contributed by atoms with van der Waals surface area (Å²) in [6.45, 7) is 2.91. The molecule has 0 spiro atoms. The Morgan fingerprint density at radius 2 is 1.67 bits per heavy atom. The van der Waals surface area contributed by atoms with Gasteiger partial charge in [-0.05, 0) is 58.7 Å². The van der Waals surface area contributed by atoms with E-state index < -0.39 is 0 Å². The van der Waals surface area contributed by atoms with Gasteiger partial charge in [-0.3, -0.25) is 4.79 Å². The van der Waals surface area contributed by atoms with Crippen LogP contribution >= 0.6 is 15.9 Å². The summed E-state index contributed by atoms with van der Waals surface area (Å²) in [5.41, 5.74) is 2.25. The molecule has 3 aromatic rings. The predicted octanol–water partition coefficient (Wildman–Crippen LogP) is 5.68. The fourth-order valence-electron chi connectivity index (χ4n) is 2.54. The highest BCUT2D eigenvalue weighted by molar-refractivity contribution is 9.10. The molecule has 0 saturated heterocycles. The van der Waals surface area contributed by atoms with E-state index in [1.165, 1.54) is 0 Å². The molecule has 3 rings (SSSR count). The van der Waals surface area contributed by atoms with Crippen molar-refractivity contribution in [1.29, 1.82) is 0 Å². The summed E-state index contributed by atoms with van der Waals surface area (Å²) < 4.78 is 12.1. The lowest BCUT2D eigenvalue weighted by Gasteiger charge is -2.12. The van der Waals surface area contributed by atoms with Crippen LogP contribution in [0.3, 0.4) is 0 Å². The minimum absolute atomic E-state index is 0.211. The molecule has 0 aromatic heterocycles. The van der Waals surface area contributed by atoms with E-state index in [1.807, 2.05) is 61.5 Å². The van der Waals surface area contributed by atoms with Crippen LogP contribution in [0, 0.1) is 0 Å². The third kappa shape index (κ3) is 5.11. The van der Waals surface area contributed by atoms with Crippen LogP contribution in [0.2, 0.25) is 0 Å². The van der Waals surface area contributed by atoms with Crippen molar-refractivity contribution in [3.8, 4) is 11.5 Å². The van der Waals surface area contributed by atoms with E-state index in [9.17, 15) is 4.79 Å². The van der Waals surface area contributed by atoms with E-state index in [1.54, 1.807) is 18.2 Å². The predicted molar refractivity (Wildman–Crippen MR) is 110 cm³/mol. The van der Waals surface area contributed by atoms with E-state index in [0.29, 0.717) is 36.0 Å². The SMILES string of the molecule is CCOc1ccccc1NC(=O)c1ccc(OCc2ccccc2)c(Br)c1. The summed E-state index contributed by atoms with van der Waals surface area (Å²) in [5.74, 6) is 1.12. The fraction of sp³-hybridized carbons (Fsp3) is 0.136. The molecule has 3 aromatic carbocycles. The molecule has 1 amide bonds. The summed E-state index contributed by atoms with van der Waals surface area (Å²) >= 11 is 3.48. The molecule has 0 aliphatic heterocycles. The van der Waals surface area contributed by atoms with Crippen molar-refractivity contribution >= 4 is 27.5 Å². The number of ether oxygens (including phenoxy) is 2. The lowest BCUT2D eigenvalue weighted by molar-refractivity contribution is 0.102. The van der Waals surface area contributed by atoms with Crippen molar-refractivity contribution in [1.82, 2.24) is 0 Å². The van der Waals surface area contributed by atoms with Gasteiger partial charge in [-0.1, -0.05) is 42.5 Å². The smallest absolute Gasteiger partial charge is 0.255 e. The van der Waals surface area contributed by atoms with Crippen molar-refractivity contribution < 1.29 is 14.3 Å². The monoisotopic (exact) mass is 425 g/mol. The van der Waals surface area contributed by atoms with Crippen molar-refractivity contribution in [2.75, 3.05) is 11.9 Å². The summed E-state index contributed by atoms with van der Waals surface area (Å²) in [7, 11) is 0. The summed E-state index contributed by atoms with van der Waals surface area (Å²) in [6.07, 6.45) is 0. The van der Waals surface area contributed by atoms with Crippen molar-refractivity contribution in [3.63, 3.8) is 0 Å². The second-order valence-corrected chi connectivity index (χ2v) is 6.66. The average Bonchev–Trinajstić information content (AvgIpc) is 2.69. The van der Waals surface area contributed by atoms with Crippen molar-refractivity contribution in [2.24, 2.45) is 0 Å². The van der Waals surface area contributed by atoms with Gasteiger partial charge in [0.2, 0.25) is 0 Å². The number of hydrogen-bond acceptors (Lipinski definition) is 3. The Labute approximate surface area is 167 Å². The van der Waals surface area contributed by atoms with E-state index in [0.717, 1.165) is 10.0 Å². The molecular formula is C22H20BrNO3. The van der Waals surface area contributed by atoms with Gasteiger partial charge in [0.25, 0.3) is 5.91 Å². The molecule has 5 heteroatoms. The number of nitrogens with one attached hydrogen (secondary N) is 1. The van der Waals surface area contributed by atoms with Crippen LogP contribution in [-0.4, -0.2) is 12.5 Å². The maximum absolute atomic E-state index is 12.6. The first kappa shape index (κ1) is 19.0. The molecule has 4 nitrogen and oxygen atoms in total. The van der Waals surface area contributed by atoms with Gasteiger partial charge in [-0.15, -0.1) is 0 Å². The molecule has 0 saturated carbocycles. The summed E-state index contributed by atoms with van der Waals surface area (Å²) in [6, 6.07) is 22.6. The number of carbonyl (C=O) groups is 1. The molecule has 0 bridgehead atoms. The number of amides is 1. The first-order chi connectivity index (χ1) is 13.2. The molecule has 0 unspecified atom stereocenters. The minimum atomic E-state index is -0.211. The van der Waals surface area contributed by atoms with Gasteiger partial charge in [0, 0.05) is 5.56 Å². The highest BCUT2D eigenvalue weighted by Gasteiger charge is 2.12. The van der Waals surface area contributed by atoms with Crippen LogP contribution in [0.15, 0.2) is 77.3 Å².